The van der Waals surface area contributed by atoms with E-state index in [1.807, 2.05) is 30.3 Å². The molecule has 0 saturated carbocycles. The molecule has 4 heteroatoms. The predicted molar refractivity (Wildman–Crippen MR) is 81.2 cm³/mol. The summed E-state index contributed by atoms with van der Waals surface area (Å²) < 4.78 is 11.0. The summed E-state index contributed by atoms with van der Waals surface area (Å²) in [6.45, 7) is 6.31. The number of ether oxygens (including phenoxy) is 1. The van der Waals surface area contributed by atoms with Crippen molar-refractivity contribution in [2.75, 3.05) is 0 Å². The monoisotopic (exact) mass is 287 g/mol. The number of nitrogens with one attached hydrogen (secondary N) is 1. The summed E-state index contributed by atoms with van der Waals surface area (Å²) in [5, 5.41) is 2.80. The van der Waals surface area contributed by atoms with Crippen LogP contribution in [0.2, 0.25) is 0 Å². The zero-order valence-electron chi connectivity index (χ0n) is 12.6. The summed E-state index contributed by atoms with van der Waals surface area (Å²) in [5.41, 5.74) is 1.10. The Morgan fingerprint density at radius 2 is 1.95 bits per heavy atom. The van der Waals surface area contributed by atoms with Gasteiger partial charge in [-0.25, -0.2) is 0 Å². The third-order valence-corrected chi connectivity index (χ3v) is 3.23. The van der Waals surface area contributed by atoms with Crippen molar-refractivity contribution in [1.29, 1.82) is 0 Å². The number of hydrogen-bond donors (Lipinski definition) is 1. The van der Waals surface area contributed by atoms with Crippen molar-refractivity contribution >= 4 is 5.91 Å². The fourth-order valence-electron chi connectivity index (χ4n) is 2.04. The lowest BCUT2D eigenvalue weighted by molar-refractivity contribution is -0.127. The zero-order valence-corrected chi connectivity index (χ0v) is 12.6. The Bertz CT molecular complexity index is 575. The minimum Gasteiger partial charge on any atom is -0.481 e. The van der Waals surface area contributed by atoms with Crippen LogP contribution < -0.4 is 10.1 Å². The first-order chi connectivity index (χ1) is 10.1. The number of rotatable bonds is 6. The number of carbonyl (C=O) groups is 1. The molecule has 2 aromatic rings. The molecule has 21 heavy (non-hydrogen) atoms. The molecule has 1 heterocycles. The molecular weight excluding hydrogens is 266 g/mol. The Morgan fingerprint density at radius 3 is 2.62 bits per heavy atom. The minimum atomic E-state index is -0.556. The van der Waals surface area contributed by atoms with E-state index in [-0.39, 0.29) is 5.91 Å². The summed E-state index contributed by atoms with van der Waals surface area (Å²) in [6.07, 6.45) is 1.03. The van der Waals surface area contributed by atoms with Gasteiger partial charge in [0, 0.05) is 0 Å². The molecule has 2 rings (SSSR count). The van der Waals surface area contributed by atoms with Crippen LogP contribution in [0.3, 0.4) is 0 Å². The van der Waals surface area contributed by atoms with E-state index < -0.39 is 6.10 Å². The number of benzene rings is 1. The molecular formula is C17H21NO3. The minimum absolute atomic E-state index is 0.162. The molecule has 0 bridgehead atoms. The van der Waals surface area contributed by atoms with E-state index in [1.165, 1.54) is 0 Å². The SMILES string of the molecule is CC(C)c1ccccc1O[C@H](C)C(=O)NCc1ccco1. The van der Waals surface area contributed by atoms with E-state index in [4.69, 9.17) is 9.15 Å². The first-order valence-corrected chi connectivity index (χ1v) is 7.13. The van der Waals surface area contributed by atoms with Gasteiger partial charge in [0.1, 0.15) is 11.5 Å². The molecule has 0 aliphatic carbocycles. The molecule has 0 spiro atoms. The summed E-state index contributed by atoms with van der Waals surface area (Å²) >= 11 is 0. The first-order valence-electron chi connectivity index (χ1n) is 7.13. The lowest BCUT2D eigenvalue weighted by Crippen LogP contribution is -2.36. The quantitative estimate of drug-likeness (QED) is 0.885. The largest absolute Gasteiger partial charge is 0.481 e. The molecule has 0 saturated heterocycles. The van der Waals surface area contributed by atoms with Gasteiger partial charge in [0.05, 0.1) is 12.8 Å². The lowest BCUT2D eigenvalue weighted by atomic mass is 10.0. The second kappa shape index (κ2) is 6.97. The van der Waals surface area contributed by atoms with Gasteiger partial charge in [-0.2, -0.15) is 0 Å². The van der Waals surface area contributed by atoms with Crippen molar-refractivity contribution in [1.82, 2.24) is 5.32 Å². The average molecular weight is 287 g/mol. The maximum absolute atomic E-state index is 12.0. The van der Waals surface area contributed by atoms with Gasteiger partial charge in [0.2, 0.25) is 0 Å². The van der Waals surface area contributed by atoms with E-state index in [1.54, 1.807) is 19.3 Å². The van der Waals surface area contributed by atoms with Crippen LogP contribution in [0.1, 0.15) is 38.0 Å². The average Bonchev–Trinajstić information content (AvgIpc) is 2.98. The Hall–Kier alpha value is -2.23. The third kappa shape index (κ3) is 4.12. The summed E-state index contributed by atoms with van der Waals surface area (Å²) in [5.74, 6) is 1.66. The van der Waals surface area contributed by atoms with Gasteiger partial charge < -0.3 is 14.5 Å². The maximum atomic E-state index is 12.0. The lowest BCUT2D eigenvalue weighted by Gasteiger charge is -2.18. The number of para-hydroxylation sites is 1. The van der Waals surface area contributed by atoms with Gasteiger partial charge in [-0.3, -0.25) is 4.79 Å². The predicted octanol–water partition coefficient (Wildman–Crippen LogP) is 3.49. The first kappa shape index (κ1) is 15.2. The highest BCUT2D eigenvalue weighted by molar-refractivity contribution is 5.80. The second-order valence-electron chi connectivity index (χ2n) is 5.25. The van der Waals surface area contributed by atoms with Crippen molar-refractivity contribution in [3.05, 3.63) is 54.0 Å². The molecule has 1 amide bonds. The van der Waals surface area contributed by atoms with Gasteiger partial charge in [-0.05, 0) is 36.6 Å². The van der Waals surface area contributed by atoms with Crippen LogP contribution in [-0.4, -0.2) is 12.0 Å². The molecule has 1 atom stereocenters. The van der Waals surface area contributed by atoms with Crippen molar-refractivity contribution in [2.24, 2.45) is 0 Å². The van der Waals surface area contributed by atoms with Crippen molar-refractivity contribution in [3.8, 4) is 5.75 Å². The smallest absolute Gasteiger partial charge is 0.261 e. The molecule has 0 unspecified atom stereocenters. The van der Waals surface area contributed by atoms with E-state index in [0.717, 1.165) is 17.1 Å². The molecule has 1 N–H and O–H groups in total. The van der Waals surface area contributed by atoms with Crippen molar-refractivity contribution < 1.29 is 13.9 Å². The number of furan rings is 1. The van der Waals surface area contributed by atoms with Crippen LogP contribution in [0.15, 0.2) is 47.1 Å². The standard InChI is InChI=1S/C17H21NO3/c1-12(2)15-8-4-5-9-16(15)21-13(3)17(19)18-11-14-7-6-10-20-14/h4-10,12-13H,11H2,1-3H3,(H,18,19)/t13-/m1/s1. The van der Waals surface area contributed by atoms with Crippen LogP contribution in [0.5, 0.6) is 5.75 Å². The zero-order chi connectivity index (χ0) is 15.2. The van der Waals surface area contributed by atoms with Crippen LogP contribution in [-0.2, 0) is 11.3 Å². The Balaban J connectivity index is 1.94. The van der Waals surface area contributed by atoms with Crippen LogP contribution in [0, 0.1) is 0 Å². The normalized spacial score (nSPS) is 12.2. The molecule has 4 nitrogen and oxygen atoms in total. The van der Waals surface area contributed by atoms with Crippen LogP contribution in [0.4, 0.5) is 0 Å². The van der Waals surface area contributed by atoms with E-state index in [0.29, 0.717) is 12.5 Å². The number of carbonyl (C=O) groups excluding carboxylic acids is 1. The van der Waals surface area contributed by atoms with Gasteiger partial charge in [0.15, 0.2) is 6.10 Å². The molecule has 0 fully saturated rings. The number of hydrogen-bond acceptors (Lipinski definition) is 3. The van der Waals surface area contributed by atoms with Crippen LogP contribution in [0.25, 0.3) is 0 Å². The fraction of sp³-hybridized carbons (Fsp3) is 0.353. The van der Waals surface area contributed by atoms with Crippen molar-refractivity contribution in [2.45, 2.75) is 39.3 Å². The highest BCUT2D eigenvalue weighted by Gasteiger charge is 2.17. The van der Waals surface area contributed by atoms with Crippen LogP contribution >= 0.6 is 0 Å². The Labute approximate surface area is 125 Å². The maximum Gasteiger partial charge on any atom is 0.261 e. The Morgan fingerprint density at radius 1 is 1.19 bits per heavy atom. The summed E-state index contributed by atoms with van der Waals surface area (Å²) in [7, 11) is 0. The van der Waals surface area contributed by atoms with E-state index in [9.17, 15) is 4.79 Å². The molecule has 1 aromatic heterocycles. The topological polar surface area (TPSA) is 51.5 Å². The van der Waals surface area contributed by atoms with E-state index >= 15 is 0 Å². The second-order valence-corrected chi connectivity index (χ2v) is 5.25. The Kier molecular flexibility index (Phi) is 5.04. The highest BCUT2D eigenvalue weighted by Crippen LogP contribution is 2.26. The molecule has 0 radical (unpaired) electrons. The van der Waals surface area contributed by atoms with Gasteiger partial charge >= 0.3 is 0 Å². The fourth-order valence-corrected chi connectivity index (χ4v) is 2.04. The summed E-state index contributed by atoms with van der Waals surface area (Å²) in [6, 6.07) is 11.4. The van der Waals surface area contributed by atoms with Crippen molar-refractivity contribution in [3.63, 3.8) is 0 Å². The third-order valence-electron chi connectivity index (χ3n) is 3.23. The molecule has 0 aliphatic rings. The molecule has 1 aromatic carbocycles. The number of amides is 1. The van der Waals surface area contributed by atoms with E-state index in [2.05, 4.69) is 19.2 Å². The molecule has 112 valence electrons. The summed E-state index contributed by atoms with van der Waals surface area (Å²) in [4.78, 5) is 12.0. The van der Waals surface area contributed by atoms with Gasteiger partial charge in [-0.15, -0.1) is 0 Å². The molecule has 0 aliphatic heterocycles. The van der Waals surface area contributed by atoms with Gasteiger partial charge in [0.25, 0.3) is 5.91 Å². The van der Waals surface area contributed by atoms with Gasteiger partial charge in [-0.1, -0.05) is 32.0 Å². The highest BCUT2D eigenvalue weighted by atomic mass is 16.5.